The molecule has 0 atom stereocenters. The summed E-state index contributed by atoms with van der Waals surface area (Å²) in [5.41, 5.74) is 3.56. The first kappa shape index (κ1) is 21.1. The normalized spacial score (nSPS) is 11.4. The number of carbonyl (C=O) groups is 1. The first-order chi connectivity index (χ1) is 16.0. The molecule has 2 heterocycles. The lowest BCUT2D eigenvalue weighted by Crippen LogP contribution is -2.27. The molecule has 5 rings (SSSR count). The number of nitrogens with one attached hydrogen (secondary N) is 1. The van der Waals surface area contributed by atoms with Crippen LogP contribution in [0.15, 0.2) is 83.2 Å². The predicted octanol–water partition coefficient (Wildman–Crippen LogP) is 6.04. The molecule has 0 aliphatic carbocycles. The van der Waals surface area contributed by atoms with E-state index in [9.17, 15) is 9.59 Å². The van der Waals surface area contributed by atoms with Crippen molar-refractivity contribution < 1.29 is 4.79 Å². The van der Waals surface area contributed by atoms with E-state index in [1.165, 1.54) is 27.8 Å². The minimum atomic E-state index is -0.272. The fraction of sp³-hybridized carbons (Fsp3) is 0.148. The molecule has 2 aromatic heterocycles. The van der Waals surface area contributed by atoms with E-state index in [2.05, 4.69) is 36.3 Å². The number of fused-ring (bicyclic) bond motifs is 2. The summed E-state index contributed by atoms with van der Waals surface area (Å²) in [6.07, 6.45) is 1.45. The van der Waals surface area contributed by atoms with E-state index >= 15 is 0 Å². The minimum Gasteiger partial charge on any atom is -0.325 e. The molecule has 3 aromatic carbocycles. The summed E-state index contributed by atoms with van der Waals surface area (Å²) >= 11 is 1.44. The molecule has 0 radical (unpaired) electrons. The van der Waals surface area contributed by atoms with Crippen LogP contribution in [0.25, 0.3) is 32.1 Å². The van der Waals surface area contributed by atoms with Gasteiger partial charge in [0.05, 0.1) is 11.7 Å². The van der Waals surface area contributed by atoms with Crippen LogP contribution in [0.4, 0.5) is 5.69 Å². The molecule has 33 heavy (non-hydrogen) atoms. The van der Waals surface area contributed by atoms with E-state index in [0.29, 0.717) is 21.8 Å². The molecule has 0 saturated heterocycles. The van der Waals surface area contributed by atoms with Crippen molar-refractivity contribution in [2.75, 3.05) is 5.32 Å². The van der Waals surface area contributed by atoms with Gasteiger partial charge in [0.15, 0.2) is 0 Å². The molecule has 164 valence electrons. The summed E-state index contributed by atoms with van der Waals surface area (Å²) in [4.78, 5) is 31.1. The first-order valence-electron chi connectivity index (χ1n) is 10.9. The lowest BCUT2D eigenvalue weighted by Gasteiger charge is -2.09. The number of thiophene rings is 1. The fourth-order valence-corrected chi connectivity index (χ4v) is 4.87. The lowest BCUT2D eigenvalue weighted by molar-refractivity contribution is -0.116. The van der Waals surface area contributed by atoms with Gasteiger partial charge in [0.2, 0.25) is 5.91 Å². The van der Waals surface area contributed by atoms with Crippen LogP contribution >= 0.6 is 11.3 Å². The van der Waals surface area contributed by atoms with Crippen LogP contribution in [0.5, 0.6) is 0 Å². The molecule has 0 bridgehead atoms. The molecule has 0 aliphatic rings. The van der Waals surface area contributed by atoms with E-state index in [1.54, 1.807) is 0 Å². The maximum atomic E-state index is 13.3. The molecule has 1 amide bonds. The Labute approximate surface area is 195 Å². The second kappa shape index (κ2) is 8.64. The number of carbonyl (C=O) groups excluding carboxylic acids is 1. The van der Waals surface area contributed by atoms with Gasteiger partial charge in [-0.1, -0.05) is 68.4 Å². The van der Waals surface area contributed by atoms with Gasteiger partial charge >= 0.3 is 0 Å². The van der Waals surface area contributed by atoms with Crippen molar-refractivity contribution in [2.24, 2.45) is 0 Å². The van der Waals surface area contributed by atoms with Gasteiger partial charge in [0.1, 0.15) is 11.4 Å². The largest absolute Gasteiger partial charge is 0.325 e. The summed E-state index contributed by atoms with van der Waals surface area (Å²) in [6, 6.07) is 22.0. The molecule has 5 aromatic rings. The van der Waals surface area contributed by atoms with Crippen LogP contribution in [-0.4, -0.2) is 15.5 Å². The summed E-state index contributed by atoms with van der Waals surface area (Å²) in [5, 5.41) is 7.55. The van der Waals surface area contributed by atoms with Crippen LogP contribution in [0.1, 0.15) is 25.3 Å². The van der Waals surface area contributed by atoms with Crippen LogP contribution in [0.3, 0.4) is 0 Å². The SMILES string of the molecule is CC(C)c1ccc(-c2csc3ncn(CC(=O)Nc4ccc5ccccc5c4)c(=O)c23)cc1. The Morgan fingerprint density at radius 1 is 1.03 bits per heavy atom. The van der Waals surface area contributed by atoms with E-state index in [4.69, 9.17) is 0 Å². The monoisotopic (exact) mass is 453 g/mol. The molecular formula is C27H23N3O2S. The second-order valence-electron chi connectivity index (χ2n) is 8.39. The van der Waals surface area contributed by atoms with Gasteiger partial charge in [0, 0.05) is 16.6 Å². The van der Waals surface area contributed by atoms with Gasteiger partial charge in [-0.25, -0.2) is 4.98 Å². The van der Waals surface area contributed by atoms with Crippen molar-refractivity contribution in [1.82, 2.24) is 9.55 Å². The Morgan fingerprint density at radius 2 is 1.79 bits per heavy atom. The molecule has 1 N–H and O–H groups in total. The van der Waals surface area contributed by atoms with Crippen molar-refractivity contribution in [3.8, 4) is 11.1 Å². The second-order valence-corrected chi connectivity index (χ2v) is 9.25. The van der Waals surface area contributed by atoms with Gasteiger partial charge in [-0.05, 0) is 39.9 Å². The van der Waals surface area contributed by atoms with Gasteiger partial charge in [0.25, 0.3) is 5.56 Å². The third-order valence-electron chi connectivity index (χ3n) is 5.80. The summed E-state index contributed by atoms with van der Waals surface area (Å²) < 4.78 is 1.37. The summed E-state index contributed by atoms with van der Waals surface area (Å²) in [5.74, 6) is 0.171. The number of nitrogens with zero attached hydrogens (tertiary/aromatic N) is 2. The Hall–Kier alpha value is -3.77. The van der Waals surface area contributed by atoms with E-state index in [-0.39, 0.29) is 18.0 Å². The van der Waals surface area contributed by atoms with Gasteiger partial charge < -0.3 is 5.32 Å². The Morgan fingerprint density at radius 3 is 2.55 bits per heavy atom. The molecule has 0 unspecified atom stereocenters. The minimum absolute atomic E-state index is 0.101. The van der Waals surface area contributed by atoms with Crippen molar-refractivity contribution in [1.29, 1.82) is 0 Å². The summed E-state index contributed by atoms with van der Waals surface area (Å²) in [6.45, 7) is 4.21. The molecule has 0 fully saturated rings. The molecule has 0 aliphatic heterocycles. The smallest absolute Gasteiger partial charge is 0.263 e. The van der Waals surface area contributed by atoms with Crippen LogP contribution in [-0.2, 0) is 11.3 Å². The summed E-state index contributed by atoms with van der Waals surface area (Å²) in [7, 11) is 0. The first-order valence-corrected chi connectivity index (χ1v) is 11.7. The highest BCUT2D eigenvalue weighted by atomic mass is 32.1. The number of hydrogen-bond donors (Lipinski definition) is 1. The fourth-order valence-electron chi connectivity index (χ4n) is 3.96. The molecular weight excluding hydrogens is 430 g/mol. The van der Waals surface area contributed by atoms with E-state index in [1.807, 2.05) is 60.0 Å². The maximum absolute atomic E-state index is 13.3. The van der Waals surface area contributed by atoms with E-state index in [0.717, 1.165) is 21.9 Å². The highest BCUT2D eigenvalue weighted by molar-refractivity contribution is 7.17. The zero-order valence-electron chi connectivity index (χ0n) is 18.4. The van der Waals surface area contributed by atoms with Gasteiger partial charge in [-0.3, -0.25) is 14.2 Å². The van der Waals surface area contributed by atoms with Crippen molar-refractivity contribution in [2.45, 2.75) is 26.3 Å². The number of rotatable bonds is 5. The number of aromatic nitrogens is 2. The Bertz CT molecular complexity index is 1530. The average molecular weight is 454 g/mol. The lowest BCUT2D eigenvalue weighted by atomic mass is 9.99. The molecule has 5 nitrogen and oxygen atoms in total. The molecule has 6 heteroatoms. The Balaban J connectivity index is 1.42. The van der Waals surface area contributed by atoms with Gasteiger partial charge in [-0.15, -0.1) is 11.3 Å². The maximum Gasteiger partial charge on any atom is 0.263 e. The van der Waals surface area contributed by atoms with Crippen molar-refractivity contribution >= 4 is 43.9 Å². The van der Waals surface area contributed by atoms with Crippen LogP contribution < -0.4 is 10.9 Å². The zero-order chi connectivity index (χ0) is 22.9. The third kappa shape index (κ3) is 4.17. The van der Waals surface area contributed by atoms with Crippen LogP contribution in [0, 0.1) is 0 Å². The zero-order valence-corrected chi connectivity index (χ0v) is 19.2. The molecule has 0 spiro atoms. The number of amides is 1. The third-order valence-corrected chi connectivity index (χ3v) is 6.68. The highest BCUT2D eigenvalue weighted by Gasteiger charge is 2.15. The van der Waals surface area contributed by atoms with Crippen molar-refractivity contribution in [3.63, 3.8) is 0 Å². The molecule has 0 saturated carbocycles. The van der Waals surface area contributed by atoms with Gasteiger partial charge in [-0.2, -0.15) is 0 Å². The highest BCUT2D eigenvalue weighted by Crippen LogP contribution is 2.31. The Kier molecular flexibility index (Phi) is 5.52. The van der Waals surface area contributed by atoms with Crippen molar-refractivity contribution in [3.05, 3.63) is 94.4 Å². The number of anilines is 1. The predicted molar refractivity (Wildman–Crippen MR) is 136 cm³/mol. The standard InChI is InChI=1S/C27H23N3O2S/c1-17(2)18-7-9-20(10-8-18)23-15-33-26-25(23)27(32)30(16-28-26)14-24(31)29-22-12-11-19-5-3-4-6-21(19)13-22/h3-13,15-17H,14H2,1-2H3,(H,29,31). The number of benzene rings is 3. The quantitative estimate of drug-likeness (QED) is 0.353. The van der Waals surface area contributed by atoms with Crippen LogP contribution in [0.2, 0.25) is 0 Å². The topological polar surface area (TPSA) is 64.0 Å². The van der Waals surface area contributed by atoms with E-state index < -0.39 is 0 Å². The number of hydrogen-bond acceptors (Lipinski definition) is 4. The average Bonchev–Trinajstić information content (AvgIpc) is 3.26.